The van der Waals surface area contributed by atoms with Gasteiger partial charge in [-0.1, -0.05) is 74.5 Å². The van der Waals surface area contributed by atoms with Crippen molar-refractivity contribution in [2.45, 2.75) is 142 Å². The van der Waals surface area contributed by atoms with Crippen LogP contribution in [0.5, 0.6) is 0 Å². The van der Waals surface area contributed by atoms with E-state index in [0.29, 0.717) is 52.0 Å². The van der Waals surface area contributed by atoms with Crippen LogP contribution in [0.15, 0.2) is 60.7 Å². The summed E-state index contributed by atoms with van der Waals surface area (Å²) < 4.78 is 10.8. The molecule has 2 aliphatic heterocycles. The first kappa shape index (κ1) is 52.8. The first-order chi connectivity index (χ1) is 31.0. The van der Waals surface area contributed by atoms with Crippen molar-refractivity contribution in [1.29, 1.82) is 0 Å². The number of carbonyl (C=O) groups is 7. The number of amides is 8. The molecule has 66 heavy (non-hydrogen) atoms. The third kappa shape index (κ3) is 17.5. The van der Waals surface area contributed by atoms with Gasteiger partial charge in [0.2, 0.25) is 23.6 Å². The van der Waals surface area contributed by atoms with Gasteiger partial charge in [-0.25, -0.2) is 14.4 Å². The summed E-state index contributed by atoms with van der Waals surface area (Å²) in [5, 5.41) is 16.9. The monoisotopic (exact) mass is 919 g/mol. The van der Waals surface area contributed by atoms with E-state index in [0.717, 1.165) is 17.5 Å². The number of unbranched alkanes of at least 4 members (excludes halogenated alkanes) is 1. The van der Waals surface area contributed by atoms with Crippen molar-refractivity contribution >= 4 is 41.8 Å². The van der Waals surface area contributed by atoms with Crippen molar-refractivity contribution in [3.8, 4) is 0 Å². The van der Waals surface area contributed by atoms with Crippen LogP contribution in [0.25, 0.3) is 0 Å². The Bertz CT molecular complexity index is 1950. The summed E-state index contributed by atoms with van der Waals surface area (Å²) in [7, 11) is 1.59. The average molecular weight is 919 g/mol. The molecule has 8 amide bonds. The minimum atomic E-state index is -1.17. The minimum absolute atomic E-state index is 0.0614. The number of nitrogens with one attached hydrogen (secondary N) is 6. The number of nitrogens with zero attached hydrogens (tertiary/aromatic N) is 2. The van der Waals surface area contributed by atoms with Gasteiger partial charge in [0.05, 0.1) is 0 Å². The van der Waals surface area contributed by atoms with Gasteiger partial charge in [-0.3, -0.25) is 19.2 Å². The van der Waals surface area contributed by atoms with Crippen LogP contribution < -0.4 is 31.9 Å². The third-order valence-corrected chi connectivity index (χ3v) is 11.4. The molecule has 0 aliphatic carbocycles. The van der Waals surface area contributed by atoms with Gasteiger partial charge in [0.1, 0.15) is 35.4 Å². The van der Waals surface area contributed by atoms with Gasteiger partial charge in [0.25, 0.3) is 0 Å². The Morgan fingerprint density at radius 3 is 1.62 bits per heavy atom. The number of urea groups is 1. The summed E-state index contributed by atoms with van der Waals surface area (Å²) in [5.74, 6) is -2.12. The maximum Gasteiger partial charge on any atom is 0.408 e. The Morgan fingerprint density at radius 1 is 0.621 bits per heavy atom. The van der Waals surface area contributed by atoms with Crippen molar-refractivity contribution < 1.29 is 43.0 Å². The van der Waals surface area contributed by atoms with Gasteiger partial charge in [0, 0.05) is 58.0 Å². The molecule has 17 nitrogen and oxygen atoms in total. The smallest absolute Gasteiger partial charge is 0.408 e. The zero-order valence-corrected chi connectivity index (χ0v) is 40.4. The molecule has 2 aromatic carbocycles. The Balaban J connectivity index is 1.55. The Kier molecular flexibility index (Phi) is 19.2. The molecule has 4 rings (SSSR count). The highest BCUT2D eigenvalue weighted by Gasteiger charge is 2.47. The molecule has 0 aromatic heterocycles. The highest BCUT2D eigenvalue weighted by Crippen LogP contribution is 2.39. The average Bonchev–Trinajstić information content (AvgIpc) is 3.86. The Hall–Kier alpha value is -5.87. The van der Waals surface area contributed by atoms with Crippen LogP contribution in [-0.4, -0.2) is 127 Å². The normalized spacial score (nSPS) is 17.8. The molecule has 2 heterocycles. The lowest BCUT2D eigenvalue weighted by atomic mass is 9.86. The largest absolute Gasteiger partial charge is 0.444 e. The van der Waals surface area contributed by atoms with Gasteiger partial charge in [-0.05, 0) is 97.1 Å². The summed E-state index contributed by atoms with van der Waals surface area (Å²) in [4.78, 5) is 98.7. The van der Waals surface area contributed by atoms with Crippen LogP contribution >= 0.6 is 0 Å². The quantitative estimate of drug-likeness (QED) is 0.106. The predicted molar refractivity (Wildman–Crippen MR) is 251 cm³/mol. The molecule has 2 aromatic rings. The molecule has 5 atom stereocenters. The SMILES string of the molecule is CNC(=O)N1CCC2(CCN(C(=O)[C@@H](CCCCNC(=O)OC(C)(C)C)NC(=O)[C@@H](CC(C)C)NC(=O)[C@@H](Cc3ccccc3)NC(=O)[C@@H](Cc3ccccc3)NC(=O)OC(C)(C)C)C2)C1. The summed E-state index contributed by atoms with van der Waals surface area (Å²) in [6, 6.07) is 13.8. The van der Waals surface area contributed by atoms with Crippen molar-refractivity contribution in [3.63, 3.8) is 0 Å². The molecular formula is C49H74N8O9. The van der Waals surface area contributed by atoms with Gasteiger partial charge in [0.15, 0.2) is 0 Å². The van der Waals surface area contributed by atoms with E-state index in [1.807, 2.05) is 74.5 Å². The lowest BCUT2D eigenvalue weighted by Gasteiger charge is -2.30. The molecule has 2 fully saturated rings. The molecule has 0 bridgehead atoms. The summed E-state index contributed by atoms with van der Waals surface area (Å²) in [6.07, 6.45) is 1.78. The first-order valence-corrected chi connectivity index (χ1v) is 23.3. The molecule has 17 heteroatoms. The van der Waals surface area contributed by atoms with Crippen molar-refractivity contribution in [2.75, 3.05) is 39.8 Å². The van der Waals surface area contributed by atoms with E-state index in [9.17, 15) is 33.6 Å². The van der Waals surface area contributed by atoms with E-state index in [1.54, 1.807) is 58.4 Å². The zero-order chi connectivity index (χ0) is 48.7. The molecule has 0 radical (unpaired) electrons. The van der Waals surface area contributed by atoms with E-state index in [-0.39, 0.29) is 49.0 Å². The zero-order valence-electron chi connectivity index (χ0n) is 40.4. The second kappa shape index (κ2) is 24.1. The van der Waals surface area contributed by atoms with Crippen LogP contribution in [0.4, 0.5) is 14.4 Å². The maximum absolute atomic E-state index is 14.5. The summed E-state index contributed by atoms with van der Waals surface area (Å²) >= 11 is 0. The molecule has 2 saturated heterocycles. The van der Waals surface area contributed by atoms with Crippen LogP contribution in [0.3, 0.4) is 0 Å². The predicted octanol–water partition coefficient (Wildman–Crippen LogP) is 4.82. The van der Waals surface area contributed by atoms with Gasteiger partial charge in [-0.2, -0.15) is 0 Å². The van der Waals surface area contributed by atoms with Gasteiger partial charge < -0.3 is 51.2 Å². The van der Waals surface area contributed by atoms with E-state index in [2.05, 4.69) is 31.9 Å². The topological polar surface area (TPSA) is 217 Å². The highest BCUT2D eigenvalue weighted by atomic mass is 16.6. The fourth-order valence-electron chi connectivity index (χ4n) is 8.27. The molecule has 0 saturated carbocycles. The molecule has 1 unspecified atom stereocenters. The number of hydrogen-bond donors (Lipinski definition) is 6. The van der Waals surface area contributed by atoms with E-state index in [1.165, 1.54) is 0 Å². The standard InChI is InChI=1S/C49H74N8O9/c1-33(2)28-37(53-41(59)38(29-34-18-12-10-13-19-34)54-42(60)39(30-35-20-14-11-15-21-35)55-46(64)66-48(6,7)8)40(58)52-36(22-16-17-25-51-45(63)65-47(3,4)5)43(61)56-26-23-49(31-56)24-27-57(32-49)44(62)50-9/h10-15,18-21,33,36-39H,16-17,22-32H2,1-9H3,(H,50,62)(H,51,63)(H,52,58)(H,53,59)(H,54,60)(H,55,64)/t36-,37-,38-,39-,49?/m1/s1. The van der Waals surface area contributed by atoms with Crippen LogP contribution in [0.2, 0.25) is 0 Å². The van der Waals surface area contributed by atoms with Crippen LogP contribution in [-0.2, 0) is 41.5 Å². The number of ether oxygens (including phenoxy) is 2. The number of alkyl carbamates (subject to hydrolysis) is 2. The second-order valence-electron chi connectivity index (χ2n) is 20.1. The van der Waals surface area contributed by atoms with Gasteiger partial charge in [-0.15, -0.1) is 0 Å². The number of likely N-dealkylation sites (tertiary alicyclic amines) is 2. The molecule has 6 N–H and O–H groups in total. The Labute approximate surface area is 390 Å². The van der Waals surface area contributed by atoms with E-state index in [4.69, 9.17) is 9.47 Å². The second-order valence-corrected chi connectivity index (χ2v) is 20.1. The number of benzene rings is 2. The molecule has 2 aliphatic rings. The third-order valence-electron chi connectivity index (χ3n) is 11.4. The fourth-order valence-corrected chi connectivity index (χ4v) is 8.27. The Morgan fingerprint density at radius 2 is 1.09 bits per heavy atom. The lowest BCUT2D eigenvalue weighted by Crippen LogP contribution is -2.59. The number of rotatable bonds is 19. The lowest BCUT2D eigenvalue weighted by molar-refractivity contribution is -0.137. The molecular weight excluding hydrogens is 845 g/mol. The van der Waals surface area contributed by atoms with Crippen LogP contribution in [0, 0.1) is 11.3 Å². The van der Waals surface area contributed by atoms with Crippen molar-refractivity contribution in [2.24, 2.45) is 11.3 Å². The fraction of sp³-hybridized carbons (Fsp3) is 0.612. The number of hydrogen-bond acceptors (Lipinski definition) is 9. The molecule has 364 valence electrons. The summed E-state index contributed by atoms with van der Waals surface area (Å²) in [6.45, 7) is 16.6. The molecule has 1 spiro atoms. The first-order valence-electron chi connectivity index (χ1n) is 23.3. The maximum atomic E-state index is 14.5. The minimum Gasteiger partial charge on any atom is -0.444 e. The summed E-state index contributed by atoms with van der Waals surface area (Å²) in [5.41, 5.74) is -0.214. The van der Waals surface area contributed by atoms with E-state index >= 15 is 0 Å². The number of carbonyl (C=O) groups excluding carboxylic acids is 7. The van der Waals surface area contributed by atoms with Gasteiger partial charge >= 0.3 is 18.2 Å². The van der Waals surface area contributed by atoms with Crippen LogP contribution in [0.1, 0.15) is 105 Å². The van der Waals surface area contributed by atoms with Crippen molar-refractivity contribution in [1.82, 2.24) is 41.7 Å². The van der Waals surface area contributed by atoms with Crippen molar-refractivity contribution in [3.05, 3.63) is 71.8 Å². The van der Waals surface area contributed by atoms with E-state index < -0.39 is 65.3 Å². The highest BCUT2D eigenvalue weighted by molar-refractivity contribution is 5.95.